The second-order valence-electron chi connectivity index (χ2n) is 4.50. The minimum atomic E-state index is -0.579. The highest BCUT2D eigenvalue weighted by atomic mass is 35.5. The number of rotatable bonds is 4. The Hall–Kier alpha value is -3.33. The first-order valence-electron chi connectivity index (χ1n) is 6.50. The van der Waals surface area contributed by atoms with Crippen LogP contribution in [-0.4, -0.2) is 16.8 Å². The van der Waals surface area contributed by atoms with E-state index in [0.717, 1.165) is 0 Å². The van der Waals surface area contributed by atoms with Crippen molar-refractivity contribution in [2.75, 3.05) is 0 Å². The van der Waals surface area contributed by atoms with Crippen LogP contribution in [0, 0.1) is 10.1 Å². The van der Waals surface area contributed by atoms with Crippen molar-refractivity contribution < 1.29 is 9.66 Å². The lowest BCUT2D eigenvalue weighted by Gasteiger charge is -2.07. The number of hydrogen-bond acceptors (Lipinski definition) is 4. The number of ether oxygens (including phenoxy) is 1. The molecule has 2 aromatic rings. The summed E-state index contributed by atoms with van der Waals surface area (Å²) in [6.07, 6.45) is 0. The number of nitro benzene ring substituents is 1. The van der Waals surface area contributed by atoms with Crippen LogP contribution in [0.3, 0.4) is 0 Å². The van der Waals surface area contributed by atoms with Crippen molar-refractivity contribution in [3.8, 4) is 11.5 Å². The third-order valence-corrected chi connectivity index (χ3v) is 2.88. The maximum atomic E-state index is 11.1. The van der Waals surface area contributed by atoms with Crippen LogP contribution in [0.5, 0.6) is 11.5 Å². The van der Waals surface area contributed by atoms with Crippen molar-refractivity contribution in [1.29, 1.82) is 0 Å². The van der Waals surface area contributed by atoms with Gasteiger partial charge in [0.1, 0.15) is 11.5 Å². The number of nitrogens with two attached hydrogens (primary N) is 3. The monoisotopic (exact) mass is 348 g/mol. The molecule has 0 radical (unpaired) electrons. The van der Waals surface area contributed by atoms with Gasteiger partial charge in [-0.3, -0.25) is 10.1 Å². The summed E-state index contributed by atoms with van der Waals surface area (Å²) in [6, 6.07) is 10.4. The zero-order valence-corrected chi connectivity index (χ0v) is 13.0. The Morgan fingerprint density at radius 2 is 1.75 bits per heavy atom. The normalized spacial score (nSPS) is 11.0. The lowest BCUT2D eigenvalue weighted by molar-refractivity contribution is -0.384. The third kappa shape index (κ3) is 4.85. The first-order valence-corrected chi connectivity index (χ1v) is 6.88. The highest BCUT2D eigenvalue weighted by molar-refractivity contribution is 6.30. The molecule has 0 saturated heterocycles. The molecule has 0 heterocycles. The molecule has 6 N–H and O–H groups in total. The molecule has 0 amide bonds. The van der Waals surface area contributed by atoms with Crippen LogP contribution in [0.1, 0.15) is 0 Å². The van der Waals surface area contributed by atoms with E-state index in [-0.39, 0.29) is 29.0 Å². The van der Waals surface area contributed by atoms with Crippen LogP contribution in [0.15, 0.2) is 52.4 Å². The zero-order chi connectivity index (χ0) is 17.7. The number of benzene rings is 2. The number of nitrogens with zero attached hydrogens (tertiary/aromatic N) is 3. The Morgan fingerprint density at radius 1 is 1.08 bits per heavy atom. The summed E-state index contributed by atoms with van der Waals surface area (Å²) < 4.78 is 5.57. The van der Waals surface area contributed by atoms with Gasteiger partial charge in [0.15, 0.2) is 5.96 Å². The Kier molecular flexibility index (Phi) is 5.17. The first-order chi connectivity index (χ1) is 11.3. The number of nitro groups is 1. The highest BCUT2D eigenvalue weighted by Gasteiger charge is 2.11. The fourth-order valence-corrected chi connectivity index (χ4v) is 1.85. The number of hydrogen-bond donors (Lipinski definition) is 3. The molecule has 0 fully saturated rings. The summed E-state index contributed by atoms with van der Waals surface area (Å²) in [5.74, 6) is 0.127. The van der Waals surface area contributed by atoms with E-state index in [0.29, 0.717) is 10.8 Å². The molecular formula is C14H13ClN6O3. The fourth-order valence-electron chi connectivity index (χ4n) is 1.73. The van der Waals surface area contributed by atoms with Gasteiger partial charge in [0.05, 0.1) is 16.7 Å². The molecule has 10 heteroatoms. The van der Waals surface area contributed by atoms with E-state index in [1.807, 2.05) is 0 Å². The Bertz CT molecular complexity index is 816. The van der Waals surface area contributed by atoms with Gasteiger partial charge in [0.25, 0.3) is 5.69 Å². The van der Waals surface area contributed by atoms with Gasteiger partial charge in [-0.25, -0.2) is 4.99 Å². The van der Waals surface area contributed by atoms with Crippen LogP contribution >= 0.6 is 11.6 Å². The lowest BCUT2D eigenvalue weighted by atomic mass is 10.2. The van der Waals surface area contributed by atoms with E-state index in [9.17, 15) is 10.1 Å². The van der Waals surface area contributed by atoms with Gasteiger partial charge < -0.3 is 21.9 Å². The first kappa shape index (κ1) is 17.0. The van der Waals surface area contributed by atoms with E-state index in [1.54, 1.807) is 24.3 Å². The van der Waals surface area contributed by atoms with Crippen molar-refractivity contribution in [1.82, 2.24) is 0 Å². The average molecular weight is 349 g/mol. The third-order valence-electron chi connectivity index (χ3n) is 2.62. The van der Waals surface area contributed by atoms with Crippen LogP contribution in [-0.2, 0) is 0 Å². The van der Waals surface area contributed by atoms with Gasteiger partial charge in [-0.1, -0.05) is 11.6 Å². The van der Waals surface area contributed by atoms with Gasteiger partial charge in [-0.15, -0.1) is 0 Å². The zero-order valence-electron chi connectivity index (χ0n) is 12.2. The minimum absolute atomic E-state index is 0.163. The number of aliphatic imine (C=N–C) groups is 2. The summed E-state index contributed by atoms with van der Waals surface area (Å²) in [5, 5.41) is 11.6. The molecule has 124 valence electrons. The minimum Gasteiger partial charge on any atom is -0.457 e. The maximum Gasteiger partial charge on any atom is 0.275 e. The average Bonchev–Trinajstić information content (AvgIpc) is 2.48. The van der Waals surface area contributed by atoms with E-state index in [4.69, 9.17) is 33.5 Å². The molecule has 2 aromatic carbocycles. The molecular weight excluding hydrogens is 336 g/mol. The SMILES string of the molecule is NC(N)=NC(N)=Nc1cc(Oc2ccc(Cl)cc2)cc([N+](=O)[O-])c1. The van der Waals surface area contributed by atoms with Crippen LogP contribution in [0.4, 0.5) is 11.4 Å². The molecule has 0 aliphatic heterocycles. The molecule has 24 heavy (non-hydrogen) atoms. The Morgan fingerprint density at radius 3 is 2.33 bits per heavy atom. The molecule has 0 unspecified atom stereocenters. The van der Waals surface area contributed by atoms with Crippen molar-refractivity contribution >= 4 is 34.9 Å². The predicted molar refractivity (Wildman–Crippen MR) is 91.7 cm³/mol. The van der Waals surface area contributed by atoms with Gasteiger partial charge in [0.2, 0.25) is 5.96 Å². The number of non-ortho nitro benzene ring substituents is 1. The van der Waals surface area contributed by atoms with Gasteiger partial charge in [-0.2, -0.15) is 4.99 Å². The number of guanidine groups is 2. The summed E-state index contributed by atoms with van der Waals surface area (Å²) >= 11 is 5.80. The van der Waals surface area contributed by atoms with Gasteiger partial charge in [-0.05, 0) is 24.3 Å². The fraction of sp³-hybridized carbons (Fsp3) is 0. The number of halogens is 1. The van der Waals surface area contributed by atoms with E-state index >= 15 is 0 Å². The summed E-state index contributed by atoms with van der Waals surface area (Å²) in [6.45, 7) is 0. The maximum absolute atomic E-state index is 11.1. The molecule has 2 rings (SSSR count). The molecule has 0 aliphatic rings. The van der Waals surface area contributed by atoms with Crippen LogP contribution in [0.2, 0.25) is 5.02 Å². The summed E-state index contributed by atoms with van der Waals surface area (Å²) in [7, 11) is 0. The standard InChI is InChI=1S/C14H13ClN6O3/c15-8-1-3-11(4-2-8)24-12-6-9(5-10(7-12)21(22)23)19-14(18)20-13(16)17/h1-7H,(H6,16,17,18,19,20). The van der Waals surface area contributed by atoms with E-state index in [1.165, 1.54) is 18.2 Å². The molecule has 0 spiro atoms. The quantitative estimate of drug-likeness (QED) is 0.333. The second-order valence-corrected chi connectivity index (χ2v) is 4.94. The van der Waals surface area contributed by atoms with Crippen molar-refractivity contribution in [3.63, 3.8) is 0 Å². The highest BCUT2D eigenvalue weighted by Crippen LogP contribution is 2.31. The predicted octanol–water partition coefficient (Wildman–Crippen LogP) is 2.26. The second kappa shape index (κ2) is 7.29. The molecule has 0 atom stereocenters. The van der Waals surface area contributed by atoms with Gasteiger partial charge in [0, 0.05) is 17.2 Å². The summed E-state index contributed by atoms with van der Waals surface area (Å²) in [4.78, 5) is 17.9. The van der Waals surface area contributed by atoms with Gasteiger partial charge >= 0.3 is 0 Å². The molecule has 0 aliphatic carbocycles. The molecule has 0 bridgehead atoms. The van der Waals surface area contributed by atoms with Crippen molar-refractivity contribution in [3.05, 3.63) is 57.6 Å². The topological polar surface area (TPSA) is 155 Å². The lowest BCUT2D eigenvalue weighted by Crippen LogP contribution is -2.26. The Labute approximate surface area is 141 Å². The molecule has 9 nitrogen and oxygen atoms in total. The van der Waals surface area contributed by atoms with Crippen LogP contribution in [0.25, 0.3) is 0 Å². The molecule has 0 aromatic heterocycles. The van der Waals surface area contributed by atoms with Crippen molar-refractivity contribution in [2.45, 2.75) is 0 Å². The van der Waals surface area contributed by atoms with Crippen molar-refractivity contribution in [2.24, 2.45) is 27.2 Å². The van der Waals surface area contributed by atoms with E-state index < -0.39 is 4.92 Å². The smallest absolute Gasteiger partial charge is 0.275 e. The van der Waals surface area contributed by atoms with Crippen LogP contribution < -0.4 is 21.9 Å². The molecule has 0 saturated carbocycles. The van der Waals surface area contributed by atoms with E-state index in [2.05, 4.69) is 9.98 Å². The Balaban J connectivity index is 2.39. The summed E-state index contributed by atoms with van der Waals surface area (Å²) in [5.41, 5.74) is 15.9. The largest absolute Gasteiger partial charge is 0.457 e.